The molecule has 1 amide bonds. The minimum Gasteiger partial charge on any atom is -0.346 e. The lowest BCUT2D eigenvalue weighted by molar-refractivity contribution is 0.0914. The second-order valence-corrected chi connectivity index (χ2v) is 7.17. The van der Waals surface area contributed by atoms with Gasteiger partial charge < -0.3 is 5.32 Å². The molecule has 118 valence electrons. The van der Waals surface area contributed by atoms with Gasteiger partial charge in [-0.25, -0.2) is 4.98 Å². The molecule has 1 aromatic carbocycles. The first-order valence-corrected chi connectivity index (χ1v) is 8.57. The average molecular weight is 316 g/mol. The summed E-state index contributed by atoms with van der Waals surface area (Å²) >= 11 is 1.46. The van der Waals surface area contributed by atoms with Gasteiger partial charge in [0.05, 0.1) is 5.69 Å². The van der Waals surface area contributed by atoms with Crippen molar-refractivity contribution >= 4 is 17.2 Å². The molecule has 0 atom stereocenters. The van der Waals surface area contributed by atoms with Crippen LogP contribution in [0.3, 0.4) is 0 Å². The SMILES string of the molecule is CCc1ccc(-c2nc(C)c(C(=O)NC(C)(C)CC)s2)cc1. The number of aromatic nitrogens is 1. The number of nitrogens with one attached hydrogen (secondary N) is 1. The first-order valence-electron chi connectivity index (χ1n) is 7.75. The number of hydrogen-bond acceptors (Lipinski definition) is 3. The predicted molar refractivity (Wildman–Crippen MR) is 93.5 cm³/mol. The fourth-order valence-corrected chi connectivity index (χ4v) is 3.03. The maximum Gasteiger partial charge on any atom is 0.263 e. The van der Waals surface area contributed by atoms with Gasteiger partial charge in [-0.05, 0) is 39.2 Å². The lowest BCUT2D eigenvalue weighted by Gasteiger charge is -2.24. The maximum absolute atomic E-state index is 12.4. The van der Waals surface area contributed by atoms with Crippen LogP contribution in [0, 0.1) is 6.92 Å². The van der Waals surface area contributed by atoms with Gasteiger partial charge in [0, 0.05) is 11.1 Å². The number of hydrogen-bond donors (Lipinski definition) is 1. The average Bonchev–Trinajstić information content (AvgIpc) is 2.89. The Hall–Kier alpha value is -1.68. The van der Waals surface area contributed by atoms with E-state index in [4.69, 9.17) is 0 Å². The lowest BCUT2D eigenvalue weighted by Crippen LogP contribution is -2.42. The van der Waals surface area contributed by atoms with Crippen LogP contribution in [0.25, 0.3) is 10.6 Å². The van der Waals surface area contributed by atoms with Crippen molar-refractivity contribution in [1.29, 1.82) is 0 Å². The summed E-state index contributed by atoms with van der Waals surface area (Å²) in [5, 5.41) is 3.98. The summed E-state index contributed by atoms with van der Waals surface area (Å²) in [5.41, 5.74) is 2.97. The summed E-state index contributed by atoms with van der Waals surface area (Å²) in [6.45, 7) is 10.2. The van der Waals surface area contributed by atoms with E-state index in [1.807, 2.05) is 20.8 Å². The first kappa shape index (κ1) is 16.7. The van der Waals surface area contributed by atoms with Crippen molar-refractivity contribution in [1.82, 2.24) is 10.3 Å². The molecule has 22 heavy (non-hydrogen) atoms. The van der Waals surface area contributed by atoms with Crippen molar-refractivity contribution < 1.29 is 4.79 Å². The molecule has 2 rings (SSSR count). The highest BCUT2D eigenvalue weighted by atomic mass is 32.1. The van der Waals surface area contributed by atoms with E-state index in [9.17, 15) is 4.79 Å². The molecule has 0 aliphatic heterocycles. The monoisotopic (exact) mass is 316 g/mol. The summed E-state index contributed by atoms with van der Waals surface area (Å²) in [7, 11) is 0. The van der Waals surface area contributed by atoms with E-state index >= 15 is 0 Å². The fourth-order valence-electron chi connectivity index (χ4n) is 2.07. The normalized spacial score (nSPS) is 11.5. The number of benzene rings is 1. The Morgan fingerprint density at radius 2 is 1.86 bits per heavy atom. The Kier molecular flexibility index (Phi) is 5.01. The zero-order chi connectivity index (χ0) is 16.3. The Labute approximate surface area is 136 Å². The van der Waals surface area contributed by atoms with Crippen molar-refractivity contribution in [3.8, 4) is 10.6 Å². The first-order chi connectivity index (χ1) is 10.4. The van der Waals surface area contributed by atoms with Gasteiger partial charge >= 0.3 is 0 Å². The Bertz CT molecular complexity index is 656. The van der Waals surface area contributed by atoms with Crippen molar-refractivity contribution in [3.05, 3.63) is 40.4 Å². The molecule has 4 heteroatoms. The third kappa shape index (κ3) is 3.74. The zero-order valence-corrected chi connectivity index (χ0v) is 14.8. The lowest BCUT2D eigenvalue weighted by atomic mass is 10.0. The summed E-state index contributed by atoms with van der Waals surface area (Å²) in [6.07, 6.45) is 1.92. The molecular formula is C18H24N2OS. The van der Waals surface area contributed by atoms with Crippen molar-refractivity contribution in [3.63, 3.8) is 0 Å². The highest BCUT2D eigenvalue weighted by Crippen LogP contribution is 2.28. The van der Waals surface area contributed by atoms with Gasteiger partial charge in [-0.1, -0.05) is 38.1 Å². The second-order valence-electron chi connectivity index (χ2n) is 6.18. The van der Waals surface area contributed by atoms with Crippen LogP contribution in [0.15, 0.2) is 24.3 Å². The van der Waals surface area contributed by atoms with E-state index in [2.05, 4.69) is 48.4 Å². The van der Waals surface area contributed by atoms with Gasteiger partial charge in [0.1, 0.15) is 9.88 Å². The third-order valence-electron chi connectivity index (χ3n) is 3.95. The maximum atomic E-state index is 12.4. The van der Waals surface area contributed by atoms with Crippen molar-refractivity contribution in [2.24, 2.45) is 0 Å². The molecule has 0 radical (unpaired) electrons. The summed E-state index contributed by atoms with van der Waals surface area (Å²) in [4.78, 5) is 17.7. The molecule has 0 unspecified atom stereocenters. The highest BCUT2D eigenvalue weighted by molar-refractivity contribution is 7.17. The second kappa shape index (κ2) is 6.61. The number of carbonyl (C=O) groups is 1. The van der Waals surface area contributed by atoms with E-state index in [1.165, 1.54) is 16.9 Å². The van der Waals surface area contributed by atoms with Gasteiger partial charge in [0.2, 0.25) is 0 Å². The molecule has 0 aliphatic carbocycles. The molecule has 0 aliphatic rings. The molecule has 0 fully saturated rings. The Balaban J connectivity index is 2.25. The van der Waals surface area contributed by atoms with E-state index in [1.54, 1.807) is 0 Å². The van der Waals surface area contributed by atoms with Crippen LogP contribution in [0.4, 0.5) is 0 Å². The summed E-state index contributed by atoms with van der Waals surface area (Å²) < 4.78 is 0. The van der Waals surface area contributed by atoms with Crippen LogP contribution in [0.1, 0.15) is 55.0 Å². The third-order valence-corrected chi connectivity index (χ3v) is 5.15. The van der Waals surface area contributed by atoms with E-state index < -0.39 is 0 Å². The van der Waals surface area contributed by atoms with E-state index in [-0.39, 0.29) is 11.4 Å². The van der Waals surface area contributed by atoms with Gasteiger partial charge in [-0.3, -0.25) is 4.79 Å². The fraction of sp³-hybridized carbons (Fsp3) is 0.444. The van der Waals surface area contributed by atoms with E-state index in [0.717, 1.165) is 29.1 Å². The largest absolute Gasteiger partial charge is 0.346 e. The van der Waals surface area contributed by atoms with E-state index in [0.29, 0.717) is 4.88 Å². The Morgan fingerprint density at radius 1 is 1.23 bits per heavy atom. The smallest absolute Gasteiger partial charge is 0.263 e. The zero-order valence-electron chi connectivity index (χ0n) is 14.0. The number of thiazole rings is 1. The quantitative estimate of drug-likeness (QED) is 0.876. The van der Waals surface area contributed by atoms with Gasteiger partial charge in [-0.15, -0.1) is 11.3 Å². The van der Waals surface area contributed by atoms with Gasteiger partial charge in [0.25, 0.3) is 5.91 Å². The molecule has 1 heterocycles. The molecule has 0 bridgehead atoms. The summed E-state index contributed by atoms with van der Waals surface area (Å²) in [5.74, 6) is -0.0294. The number of rotatable bonds is 5. The van der Waals surface area contributed by atoms with Gasteiger partial charge in [-0.2, -0.15) is 0 Å². The Morgan fingerprint density at radius 3 is 2.41 bits per heavy atom. The minimum atomic E-state index is -0.198. The van der Waals surface area contributed by atoms with Gasteiger partial charge in [0.15, 0.2) is 0 Å². The standard InChI is InChI=1S/C18H24N2OS/c1-6-13-8-10-14(11-9-13)17-19-12(3)15(22-17)16(21)20-18(4,5)7-2/h8-11H,6-7H2,1-5H3,(H,20,21). The van der Waals surface area contributed by atoms with Crippen molar-refractivity contribution in [2.45, 2.75) is 53.0 Å². The molecule has 0 spiro atoms. The molecule has 1 N–H and O–H groups in total. The van der Waals surface area contributed by atoms with Crippen LogP contribution < -0.4 is 5.32 Å². The predicted octanol–water partition coefficient (Wildman–Crippen LogP) is 4.60. The van der Waals surface area contributed by atoms with Crippen LogP contribution >= 0.6 is 11.3 Å². The van der Waals surface area contributed by atoms with Crippen LogP contribution in [-0.4, -0.2) is 16.4 Å². The number of amides is 1. The molecule has 1 aromatic heterocycles. The van der Waals surface area contributed by atoms with Crippen LogP contribution in [0.2, 0.25) is 0 Å². The highest BCUT2D eigenvalue weighted by Gasteiger charge is 2.22. The molecule has 0 saturated carbocycles. The summed E-state index contributed by atoms with van der Waals surface area (Å²) in [6, 6.07) is 8.39. The minimum absolute atomic E-state index is 0.0294. The molecule has 2 aromatic rings. The topological polar surface area (TPSA) is 42.0 Å². The number of aryl methyl sites for hydroxylation is 2. The number of nitrogens with zero attached hydrogens (tertiary/aromatic N) is 1. The van der Waals surface area contributed by atoms with Crippen LogP contribution in [0.5, 0.6) is 0 Å². The van der Waals surface area contributed by atoms with Crippen LogP contribution in [-0.2, 0) is 6.42 Å². The molecule has 3 nitrogen and oxygen atoms in total. The number of carbonyl (C=O) groups excluding carboxylic acids is 1. The molecule has 0 saturated heterocycles. The van der Waals surface area contributed by atoms with Crippen molar-refractivity contribution in [2.75, 3.05) is 0 Å². The molecular weight excluding hydrogens is 292 g/mol.